The Morgan fingerprint density at radius 2 is 2.16 bits per heavy atom. The van der Waals surface area contributed by atoms with Crippen LogP contribution in [0.2, 0.25) is 0 Å². The molecule has 0 spiro atoms. The summed E-state index contributed by atoms with van der Waals surface area (Å²) in [7, 11) is 0. The molecule has 6 heteroatoms. The lowest BCUT2D eigenvalue weighted by atomic mass is 10.1. The van der Waals surface area contributed by atoms with E-state index in [9.17, 15) is 4.79 Å². The molecule has 2 heterocycles. The van der Waals surface area contributed by atoms with Gasteiger partial charge in [0, 0.05) is 44.7 Å². The summed E-state index contributed by atoms with van der Waals surface area (Å²) >= 11 is 0. The Kier molecular flexibility index (Phi) is 5.57. The molecule has 2 aliphatic rings. The van der Waals surface area contributed by atoms with Crippen molar-refractivity contribution < 1.29 is 9.53 Å². The maximum absolute atomic E-state index is 11.2. The fraction of sp³-hybridized carbons (Fsp3) is 0.923. The van der Waals surface area contributed by atoms with E-state index in [-0.39, 0.29) is 5.91 Å². The van der Waals surface area contributed by atoms with Crippen molar-refractivity contribution in [2.45, 2.75) is 38.3 Å². The standard InChI is InChI=1S/C13H26N4O2/c1-11(2-3-13(18)15-14)17-5-4-12(10-17)16-6-8-19-9-7-16/h11-12H,2-10,14H2,1H3,(H,15,18). The summed E-state index contributed by atoms with van der Waals surface area (Å²) in [5.41, 5.74) is 2.19. The number of hydrogen-bond acceptors (Lipinski definition) is 5. The maximum Gasteiger partial charge on any atom is 0.233 e. The lowest BCUT2D eigenvalue weighted by Crippen LogP contribution is -2.45. The van der Waals surface area contributed by atoms with E-state index >= 15 is 0 Å². The molecule has 1 amide bonds. The highest BCUT2D eigenvalue weighted by molar-refractivity contribution is 5.75. The topological polar surface area (TPSA) is 70.8 Å². The minimum atomic E-state index is -0.0734. The van der Waals surface area contributed by atoms with Crippen molar-refractivity contribution in [3.8, 4) is 0 Å². The van der Waals surface area contributed by atoms with Gasteiger partial charge in [-0.05, 0) is 19.8 Å². The van der Waals surface area contributed by atoms with Crippen molar-refractivity contribution in [1.82, 2.24) is 15.2 Å². The molecule has 19 heavy (non-hydrogen) atoms. The van der Waals surface area contributed by atoms with Crippen LogP contribution in [0.5, 0.6) is 0 Å². The molecular formula is C13H26N4O2. The van der Waals surface area contributed by atoms with E-state index in [4.69, 9.17) is 10.6 Å². The highest BCUT2D eigenvalue weighted by Crippen LogP contribution is 2.20. The number of likely N-dealkylation sites (tertiary alicyclic amines) is 1. The Balaban J connectivity index is 1.72. The number of nitrogens with zero attached hydrogens (tertiary/aromatic N) is 2. The quantitative estimate of drug-likeness (QED) is 0.402. The predicted molar refractivity (Wildman–Crippen MR) is 73.4 cm³/mol. The molecule has 2 saturated heterocycles. The van der Waals surface area contributed by atoms with E-state index < -0.39 is 0 Å². The summed E-state index contributed by atoms with van der Waals surface area (Å²) in [6.07, 6.45) is 2.61. The van der Waals surface area contributed by atoms with Crippen LogP contribution < -0.4 is 11.3 Å². The predicted octanol–water partition coefficient (Wildman–Crippen LogP) is -0.448. The number of nitrogens with one attached hydrogen (secondary N) is 1. The molecule has 2 atom stereocenters. The SMILES string of the molecule is CC(CCC(=O)NN)N1CCC(N2CCOCC2)C1. The molecule has 110 valence electrons. The summed E-state index contributed by atoms with van der Waals surface area (Å²) in [5, 5.41) is 0. The number of morpholine rings is 1. The van der Waals surface area contributed by atoms with Gasteiger partial charge >= 0.3 is 0 Å². The number of ether oxygens (including phenoxy) is 1. The fourth-order valence-electron chi connectivity index (χ4n) is 3.00. The van der Waals surface area contributed by atoms with Gasteiger partial charge in [-0.2, -0.15) is 0 Å². The first-order valence-electron chi connectivity index (χ1n) is 7.26. The van der Waals surface area contributed by atoms with Crippen LogP contribution in [0.1, 0.15) is 26.2 Å². The zero-order valence-corrected chi connectivity index (χ0v) is 11.8. The van der Waals surface area contributed by atoms with Crippen LogP contribution in [0.3, 0.4) is 0 Å². The van der Waals surface area contributed by atoms with Crippen molar-refractivity contribution in [3.63, 3.8) is 0 Å². The Hall–Kier alpha value is -0.690. The molecule has 0 aromatic carbocycles. The van der Waals surface area contributed by atoms with Crippen LogP contribution in [0.15, 0.2) is 0 Å². The molecular weight excluding hydrogens is 244 g/mol. The number of hydrogen-bond donors (Lipinski definition) is 2. The van der Waals surface area contributed by atoms with Crippen LogP contribution in [0.4, 0.5) is 0 Å². The third-order valence-electron chi connectivity index (χ3n) is 4.33. The molecule has 0 aliphatic carbocycles. The van der Waals surface area contributed by atoms with Gasteiger partial charge in [0.2, 0.25) is 5.91 Å². The second-order valence-corrected chi connectivity index (χ2v) is 5.54. The smallest absolute Gasteiger partial charge is 0.233 e. The molecule has 0 bridgehead atoms. The van der Waals surface area contributed by atoms with Crippen LogP contribution in [0.25, 0.3) is 0 Å². The molecule has 2 rings (SSSR count). The van der Waals surface area contributed by atoms with Crippen molar-refractivity contribution in [3.05, 3.63) is 0 Å². The van der Waals surface area contributed by atoms with Crippen LogP contribution in [-0.2, 0) is 9.53 Å². The maximum atomic E-state index is 11.2. The van der Waals surface area contributed by atoms with Crippen molar-refractivity contribution in [2.75, 3.05) is 39.4 Å². The number of carbonyl (C=O) groups is 1. The molecule has 0 aromatic rings. The number of carbonyl (C=O) groups excluding carboxylic acids is 1. The van der Waals surface area contributed by atoms with E-state index in [1.165, 1.54) is 6.42 Å². The van der Waals surface area contributed by atoms with Gasteiger partial charge in [0.05, 0.1) is 13.2 Å². The van der Waals surface area contributed by atoms with Crippen molar-refractivity contribution in [1.29, 1.82) is 0 Å². The third-order valence-corrected chi connectivity index (χ3v) is 4.33. The zero-order valence-electron chi connectivity index (χ0n) is 11.8. The third kappa shape index (κ3) is 4.14. The van der Waals surface area contributed by atoms with E-state index in [1.807, 2.05) is 0 Å². The summed E-state index contributed by atoms with van der Waals surface area (Å²) < 4.78 is 5.40. The van der Waals surface area contributed by atoms with Gasteiger partial charge < -0.3 is 4.74 Å². The van der Waals surface area contributed by atoms with Gasteiger partial charge in [0.1, 0.15) is 0 Å². The number of amides is 1. The molecule has 0 radical (unpaired) electrons. The zero-order chi connectivity index (χ0) is 13.7. The van der Waals surface area contributed by atoms with Crippen LogP contribution >= 0.6 is 0 Å². The molecule has 2 aliphatic heterocycles. The monoisotopic (exact) mass is 270 g/mol. The van der Waals surface area contributed by atoms with Gasteiger partial charge in [0.15, 0.2) is 0 Å². The summed E-state index contributed by atoms with van der Waals surface area (Å²) in [6, 6.07) is 1.11. The average molecular weight is 270 g/mol. The largest absolute Gasteiger partial charge is 0.379 e. The van der Waals surface area contributed by atoms with Gasteiger partial charge in [-0.3, -0.25) is 20.0 Å². The summed E-state index contributed by atoms with van der Waals surface area (Å²) in [4.78, 5) is 16.2. The Morgan fingerprint density at radius 1 is 1.42 bits per heavy atom. The summed E-state index contributed by atoms with van der Waals surface area (Å²) in [5.74, 6) is 5.03. The first kappa shape index (κ1) is 14.7. The van der Waals surface area contributed by atoms with Gasteiger partial charge in [-0.25, -0.2) is 5.84 Å². The van der Waals surface area contributed by atoms with Crippen LogP contribution in [0, 0.1) is 0 Å². The Labute approximate surface area is 115 Å². The first-order chi connectivity index (χ1) is 9.20. The highest BCUT2D eigenvalue weighted by Gasteiger charge is 2.30. The van der Waals surface area contributed by atoms with Gasteiger partial charge in [0.25, 0.3) is 0 Å². The molecule has 0 aromatic heterocycles. The number of rotatable bonds is 5. The molecule has 2 fully saturated rings. The second kappa shape index (κ2) is 7.19. The van der Waals surface area contributed by atoms with Crippen LogP contribution in [-0.4, -0.2) is 67.2 Å². The highest BCUT2D eigenvalue weighted by atomic mass is 16.5. The van der Waals surface area contributed by atoms with Crippen molar-refractivity contribution >= 4 is 5.91 Å². The van der Waals surface area contributed by atoms with Crippen molar-refractivity contribution in [2.24, 2.45) is 5.84 Å². The van der Waals surface area contributed by atoms with E-state index in [2.05, 4.69) is 22.1 Å². The Bertz CT molecular complexity index is 294. The number of nitrogens with two attached hydrogens (primary N) is 1. The second-order valence-electron chi connectivity index (χ2n) is 5.54. The lowest BCUT2D eigenvalue weighted by Gasteiger charge is -2.33. The Morgan fingerprint density at radius 3 is 2.84 bits per heavy atom. The summed E-state index contributed by atoms with van der Waals surface area (Å²) in [6.45, 7) is 8.29. The number of hydrazine groups is 1. The van der Waals surface area contributed by atoms with E-state index in [1.54, 1.807) is 0 Å². The minimum Gasteiger partial charge on any atom is -0.379 e. The van der Waals surface area contributed by atoms with E-state index in [0.29, 0.717) is 18.5 Å². The van der Waals surface area contributed by atoms with Gasteiger partial charge in [-0.15, -0.1) is 0 Å². The first-order valence-corrected chi connectivity index (χ1v) is 7.26. The average Bonchev–Trinajstić information content (AvgIpc) is 2.95. The molecule has 0 saturated carbocycles. The fourth-order valence-corrected chi connectivity index (χ4v) is 3.00. The van der Waals surface area contributed by atoms with Gasteiger partial charge in [-0.1, -0.05) is 0 Å². The molecule has 2 unspecified atom stereocenters. The normalized spacial score (nSPS) is 27.4. The molecule has 6 nitrogen and oxygen atoms in total. The molecule has 3 N–H and O–H groups in total. The minimum absolute atomic E-state index is 0.0734. The van der Waals surface area contributed by atoms with E-state index in [0.717, 1.165) is 45.8 Å². The lowest BCUT2D eigenvalue weighted by molar-refractivity contribution is -0.121.